The number of nitrogens with zero attached hydrogens (tertiary/aromatic N) is 2. The molecule has 2 N–H and O–H groups in total. The third-order valence-corrected chi connectivity index (χ3v) is 7.81. The molecule has 0 radical (unpaired) electrons. The summed E-state index contributed by atoms with van der Waals surface area (Å²) in [7, 11) is 0. The topological polar surface area (TPSA) is 102 Å². The van der Waals surface area contributed by atoms with Crippen molar-refractivity contribution in [3.05, 3.63) is 73.6 Å². The number of carbonyl (C=O) groups is 2. The number of aromatic nitrogens is 2. The first-order valence-corrected chi connectivity index (χ1v) is 13.4. The van der Waals surface area contributed by atoms with Gasteiger partial charge in [0.1, 0.15) is 22.5 Å². The van der Waals surface area contributed by atoms with Gasteiger partial charge in [0.15, 0.2) is 0 Å². The molecular weight excluding hydrogens is 579 g/mol. The Balaban J connectivity index is 0.000000470. The third-order valence-electron chi connectivity index (χ3n) is 7.05. The van der Waals surface area contributed by atoms with Crippen LogP contribution in [0.15, 0.2) is 35.3 Å². The van der Waals surface area contributed by atoms with Crippen molar-refractivity contribution < 1.29 is 37.2 Å². The predicted octanol–water partition coefficient (Wildman–Crippen LogP) is 2.10. The number of alkyl halides is 3. The average molecular weight is 605 g/mol. The number of rotatable bonds is 5. The first-order valence-electron chi connectivity index (χ1n) is 12.6. The zero-order chi connectivity index (χ0) is 29.2. The van der Waals surface area contributed by atoms with E-state index >= 15 is 0 Å². The number of fused-ring (bicyclic) bond motifs is 1. The van der Waals surface area contributed by atoms with Crippen LogP contribution in [-0.4, -0.2) is 65.1 Å². The molecular formula is C26H26Cl2F4N4O4. The number of halogens is 6. The number of benzene rings is 1. The fourth-order valence-electron chi connectivity index (χ4n) is 5.08. The number of hydrogen-bond acceptors (Lipinski definition) is 4. The maximum absolute atomic E-state index is 14.6. The van der Waals surface area contributed by atoms with Gasteiger partial charge in [0.05, 0.1) is 30.2 Å². The van der Waals surface area contributed by atoms with E-state index in [4.69, 9.17) is 33.1 Å². The monoisotopic (exact) mass is 604 g/mol. The normalized spacial score (nSPS) is 16.4. The summed E-state index contributed by atoms with van der Waals surface area (Å²) in [6.07, 6.45) is 0.600. The number of carbonyl (C=O) groups excluding carboxylic acids is 2. The van der Waals surface area contributed by atoms with Crippen molar-refractivity contribution >= 4 is 40.6 Å². The Kier molecular flexibility index (Phi) is 9.11. The Hall–Kier alpha value is -3.09. The van der Waals surface area contributed by atoms with E-state index in [0.717, 1.165) is 12.1 Å². The number of carboxylic acids is 1. The molecule has 0 saturated carbocycles. The summed E-state index contributed by atoms with van der Waals surface area (Å²) >= 11 is 12.4. The Morgan fingerprint density at radius 1 is 1.10 bits per heavy atom. The molecule has 40 heavy (non-hydrogen) atoms. The number of aliphatic carboxylic acids is 1. The van der Waals surface area contributed by atoms with Crippen molar-refractivity contribution in [1.29, 1.82) is 0 Å². The minimum atomic E-state index is -5.19. The molecule has 2 saturated heterocycles. The first kappa shape index (κ1) is 29.9. The molecule has 216 valence electrons. The predicted molar refractivity (Wildman–Crippen MR) is 137 cm³/mol. The fraction of sp³-hybridized carbons (Fsp3) is 0.423. The molecule has 0 unspecified atom stereocenters. The van der Waals surface area contributed by atoms with Crippen LogP contribution in [0.2, 0.25) is 10.2 Å². The van der Waals surface area contributed by atoms with E-state index in [1.807, 2.05) is 0 Å². The molecule has 0 atom stereocenters. The molecule has 14 heteroatoms. The van der Waals surface area contributed by atoms with Crippen LogP contribution in [0.1, 0.15) is 40.9 Å². The molecule has 0 bridgehead atoms. The van der Waals surface area contributed by atoms with E-state index in [1.54, 1.807) is 32.5 Å². The highest BCUT2D eigenvalue weighted by atomic mass is 35.5. The zero-order valence-electron chi connectivity index (χ0n) is 21.1. The van der Waals surface area contributed by atoms with E-state index < -0.39 is 18.0 Å². The van der Waals surface area contributed by atoms with Gasteiger partial charge >= 0.3 is 6.18 Å². The molecule has 1 aromatic carbocycles. The number of amides is 1. The minimum Gasteiger partial charge on any atom is -0.542 e. The van der Waals surface area contributed by atoms with Crippen LogP contribution in [0.5, 0.6) is 0 Å². The molecule has 1 amide bonds. The van der Waals surface area contributed by atoms with Gasteiger partial charge in [-0.1, -0.05) is 29.3 Å². The van der Waals surface area contributed by atoms with Gasteiger partial charge in [0.2, 0.25) is 0 Å². The second-order valence-electron chi connectivity index (χ2n) is 9.98. The SMILES string of the molecule is O=C([O-])C(F)(F)F.O=C(c1cc(Cc2c[nH]c(=O)c3cc(Cl)c(Cl)n23)ccc1F)N1CC(C[NH+]2CCCCC2)C1. The number of piperidine rings is 1. The lowest BCUT2D eigenvalue weighted by Crippen LogP contribution is -3.14. The summed E-state index contributed by atoms with van der Waals surface area (Å²) in [5, 5.41) is 9.31. The van der Waals surface area contributed by atoms with Gasteiger partial charge in [0.25, 0.3) is 11.5 Å². The van der Waals surface area contributed by atoms with Crippen LogP contribution < -0.4 is 15.6 Å². The Morgan fingerprint density at radius 3 is 2.38 bits per heavy atom. The van der Waals surface area contributed by atoms with Gasteiger partial charge < -0.3 is 24.7 Å². The van der Waals surface area contributed by atoms with E-state index in [9.17, 15) is 27.2 Å². The fourth-order valence-corrected chi connectivity index (χ4v) is 5.52. The molecule has 4 heterocycles. The molecule has 8 nitrogen and oxygen atoms in total. The smallest absolute Gasteiger partial charge is 0.430 e. The molecule has 2 aromatic heterocycles. The van der Waals surface area contributed by atoms with E-state index in [0.29, 0.717) is 36.6 Å². The lowest BCUT2D eigenvalue weighted by atomic mass is 9.96. The Labute approximate surface area is 236 Å². The van der Waals surface area contributed by atoms with Crippen LogP contribution in [-0.2, 0) is 11.2 Å². The number of likely N-dealkylation sites (tertiary alicyclic amines) is 2. The molecule has 2 fully saturated rings. The largest absolute Gasteiger partial charge is 0.542 e. The van der Waals surface area contributed by atoms with Gasteiger partial charge in [-0.05, 0) is 43.0 Å². The van der Waals surface area contributed by atoms with Crippen molar-refractivity contribution in [1.82, 2.24) is 14.3 Å². The molecule has 2 aliphatic heterocycles. The van der Waals surface area contributed by atoms with Crippen molar-refractivity contribution in [2.24, 2.45) is 5.92 Å². The van der Waals surface area contributed by atoms with Gasteiger partial charge in [-0.15, -0.1) is 0 Å². The number of H-pyrrole nitrogens is 1. The number of hydrogen-bond donors (Lipinski definition) is 2. The highest BCUT2D eigenvalue weighted by Crippen LogP contribution is 2.27. The van der Waals surface area contributed by atoms with Crippen molar-refractivity contribution in [3.8, 4) is 0 Å². The van der Waals surface area contributed by atoms with Crippen LogP contribution in [0.4, 0.5) is 17.6 Å². The maximum atomic E-state index is 14.6. The van der Waals surface area contributed by atoms with E-state index in [1.165, 1.54) is 44.5 Å². The highest BCUT2D eigenvalue weighted by Gasteiger charge is 2.35. The van der Waals surface area contributed by atoms with Gasteiger partial charge in [-0.25, -0.2) is 4.39 Å². The maximum Gasteiger partial charge on any atom is 0.430 e. The van der Waals surface area contributed by atoms with Crippen LogP contribution in [0.25, 0.3) is 5.52 Å². The van der Waals surface area contributed by atoms with E-state index in [2.05, 4.69) is 4.98 Å². The molecule has 3 aromatic rings. The molecule has 0 spiro atoms. The molecule has 5 rings (SSSR count). The van der Waals surface area contributed by atoms with E-state index in [-0.39, 0.29) is 27.2 Å². The quantitative estimate of drug-likeness (QED) is 0.436. The zero-order valence-corrected chi connectivity index (χ0v) is 22.6. The van der Waals surface area contributed by atoms with Gasteiger partial charge in [0, 0.05) is 37.3 Å². The van der Waals surface area contributed by atoms with Gasteiger partial charge in [-0.2, -0.15) is 13.2 Å². The van der Waals surface area contributed by atoms with Crippen molar-refractivity contribution in [3.63, 3.8) is 0 Å². The summed E-state index contributed by atoms with van der Waals surface area (Å²) in [6.45, 7) is 4.90. The number of quaternary nitrogens is 1. The Bertz CT molecular complexity index is 1460. The highest BCUT2D eigenvalue weighted by molar-refractivity contribution is 6.42. The lowest BCUT2D eigenvalue weighted by molar-refractivity contribution is -0.908. The second-order valence-corrected chi connectivity index (χ2v) is 10.7. The van der Waals surface area contributed by atoms with Crippen LogP contribution in [0, 0.1) is 11.7 Å². The average Bonchev–Trinajstić information content (AvgIpc) is 3.19. The van der Waals surface area contributed by atoms with Crippen LogP contribution >= 0.6 is 23.2 Å². The first-order chi connectivity index (χ1) is 18.8. The molecule has 2 aliphatic rings. The third kappa shape index (κ3) is 6.79. The molecule has 0 aliphatic carbocycles. The van der Waals surface area contributed by atoms with Crippen molar-refractivity contribution in [2.75, 3.05) is 32.7 Å². The Morgan fingerprint density at radius 2 is 1.75 bits per heavy atom. The standard InChI is InChI=1S/C24H25Cl2FN4O2.C2HF3O2/c25-19-10-21-23(32)28-11-17(31(21)22(19)26)8-15-4-5-20(27)18(9-15)24(33)30-13-16(14-30)12-29-6-2-1-3-7-29;3-2(4,5)1(6)7/h4-5,9-11,16H,1-3,6-8,12-14H2,(H,28,32);(H,6,7). The summed E-state index contributed by atoms with van der Waals surface area (Å²) in [5.74, 6) is -3.31. The van der Waals surface area contributed by atoms with Crippen molar-refractivity contribution in [2.45, 2.75) is 31.9 Å². The summed E-state index contributed by atoms with van der Waals surface area (Å²) in [6, 6.07) is 6.07. The number of carboxylic acid groups (broad SMARTS) is 1. The minimum absolute atomic E-state index is 0.0774. The summed E-state index contributed by atoms with van der Waals surface area (Å²) in [5.41, 5.74) is 1.53. The van der Waals surface area contributed by atoms with Crippen LogP contribution in [0.3, 0.4) is 0 Å². The second kappa shape index (κ2) is 12.2. The summed E-state index contributed by atoms with van der Waals surface area (Å²) in [4.78, 5) is 39.9. The lowest BCUT2D eigenvalue weighted by Gasteiger charge is -2.40. The number of nitrogens with one attached hydrogen (secondary N) is 2. The number of aromatic amines is 1. The summed E-state index contributed by atoms with van der Waals surface area (Å²) < 4.78 is 47.7. The van der Waals surface area contributed by atoms with Gasteiger partial charge in [-0.3, -0.25) is 14.0 Å².